The summed E-state index contributed by atoms with van der Waals surface area (Å²) in [5.41, 5.74) is -0.134. The Bertz CT molecular complexity index is 404. The molecule has 0 spiro atoms. The van der Waals surface area contributed by atoms with E-state index in [0.29, 0.717) is 18.5 Å². The highest BCUT2D eigenvalue weighted by molar-refractivity contribution is 4.95. The zero-order valence-electron chi connectivity index (χ0n) is 12.3. The van der Waals surface area contributed by atoms with E-state index < -0.39 is 0 Å². The summed E-state index contributed by atoms with van der Waals surface area (Å²) in [6.07, 6.45) is 6.15. The minimum Gasteiger partial charge on any atom is -0.394 e. The number of rotatable bonds is 5. The van der Waals surface area contributed by atoms with Crippen molar-refractivity contribution in [2.75, 3.05) is 6.61 Å². The fourth-order valence-electron chi connectivity index (χ4n) is 3.12. The smallest absolute Gasteiger partial charge is 0.141 e. The van der Waals surface area contributed by atoms with Crippen LogP contribution in [-0.2, 0) is 6.54 Å². The maximum Gasteiger partial charge on any atom is 0.141 e. The number of hydrogen-bond acceptors (Lipinski definition) is 4. The molecule has 5 nitrogen and oxygen atoms in total. The summed E-state index contributed by atoms with van der Waals surface area (Å²) in [7, 11) is 0. The Labute approximate surface area is 115 Å². The van der Waals surface area contributed by atoms with Gasteiger partial charge in [0, 0.05) is 11.6 Å². The summed E-state index contributed by atoms with van der Waals surface area (Å²) in [5, 5.41) is 17.5. The van der Waals surface area contributed by atoms with E-state index in [1.807, 2.05) is 4.68 Å². The van der Waals surface area contributed by atoms with Crippen molar-refractivity contribution < 1.29 is 5.11 Å². The lowest BCUT2D eigenvalue weighted by Crippen LogP contribution is -2.51. The second-order valence-electron chi connectivity index (χ2n) is 6.21. The van der Waals surface area contributed by atoms with Gasteiger partial charge in [-0.15, -0.1) is 0 Å². The topological polar surface area (TPSA) is 63.0 Å². The number of nitrogens with zero attached hydrogens (tertiary/aromatic N) is 3. The van der Waals surface area contributed by atoms with Gasteiger partial charge in [-0.05, 0) is 32.6 Å². The average Bonchev–Trinajstić information content (AvgIpc) is 2.85. The van der Waals surface area contributed by atoms with Crippen LogP contribution in [0.15, 0.2) is 6.33 Å². The summed E-state index contributed by atoms with van der Waals surface area (Å²) < 4.78 is 1.93. The van der Waals surface area contributed by atoms with E-state index >= 15 is 0 Å². The zero-order chi connectivity index (χ0) is 13.9. The fourth-order valence-corrected chi connectivity index (χ4v) is 3.12. The van der Waals surface area contributed by atoms with Crippen molar-refractivity contribution >= 4 is 0 Å². The van der Waals surface area contributed by atoms with Crippen LogP contribution in [0.4, 0.5) is 0 Å². The molecule has 0 radical (unpaired) electrons. The number of aliphatic hydroxyl groups is 1. The lowest BCUT2D eigenvalue weighted by Gasteiger charge is -2.39. The first-order chi connectivity index (χ1) is 9.06. The van der Waals surface area contributed by atoms with Gasteiger partial charge in [0.2, 0.25) is 0 Å². The van der Waals surface area contributed by atoms with Gasteiger partial charge in [0.25, 0.3) is 0 Å². The molecule has 1 aliphatic rings. The van der Waals surface area contributed by atoms with Gasteiger partial charge in [-0.25, -0.2) is 9.67 Å². The maximum atomic E-state index is 9.76. The highest BCUT2D eigenvalue weighted by Gasteiger charge is 2.34. The predicted molar refractivity (Wildman–Crippen MR) is 74.7 cm³/mol. The molecule has 108 valence electrons. The second-order valence-corrected chi connectivity index (χ2v) is 6.21. The SMILES string of the molecule is CC1CCCC(CO)(NCc2ncnn2C(C)C)C1. The summed E-state index contributed by atoms with van der Waals surface area (Å²) in [4.78, 5) is 4.31. The van der Waals surface area contributed by atoms with Crippen molar-refractivity contribution in [3.63, 3.8) is 0 Å². The molecule has 0 aliphatic heterocycles. The van der Waals surface area contributed by atoms with E-state index in [1.54, 1.807) is 6.33 Å². The van der Waals surface area contributed by atoms with Crippen LogP contribution < -0.4 is 5.32 Å². The molecule has 19 heavy (non-hydrogen) atoms. The van der Waals surface area contributed by atoms with Gasteiger partial charge in [0.15, 0.2) is 0 Å². The molecule has 0 saturated heterocycles. The molecule has 1 heterocycles. The Kier molecular flexibility index (Phi) is 4.58. The highest BCUT2D eigenvalue weighted by atomic mass is 16.3. The number of aliphatic hydroxyl groups excluding tert-OH is 1. The molecule has 2 N–H and O–H groups in total. The lowest BCUT2D eigenvalue weighted by molar-refractivity contribution is 0.0970. The van der Waals surface area contributed by atoms with Crippen molar-refractivity contribution in [1.82, 2.24) is 20.1 Å². The van der Waals surface area contributed by atoms with Crippen LogP contribution in [0.3, 0.4) is 0 Å². The van der Waals surface area contributed by atoms with Crippen LogP contribution in [0.5, 0.6) is 0 Å². The number of hydrogen-bond donors (Lipinski definition) is 2. The maximum absolute atomic E-state index is 9.76. The van der Waals surface area contributed by atoms with Crippen LogP contribution in [0, 0.1) is 5.92 Å². The van der Waals surface area contributed by atoms with Crippen molar-refractivity contribution in [1.29, 1.82) is 0 Å². The third-order valence-corrected chi connectivity index (χ3v) is 4.15. The molecule has 1 saturated carbocycles. The van der Waals surface area contributed by atoms with Gasteiger partial charge < -0.3 is 10.4 Å². The summed E-state index contributed by atoms with van der Waals surface area (Å²) in [6, 6.07) is 0.314. The zero-order valence-corrected chi connectivity index (χ0v) is 12.3. The van der Waals surface area contributed by atoms with Crippen LogP contribution in [0.2, 0.25) is 0 Å². The van der Waals surface area contributed by atoms with Crippen molar-refractivity contribution in [2.24, 2.45) is 5.92 Å². The number of aromatic nitrogens is 3. The van der Waals surface area contributed by atoms with E-state index in [4.69, 9.17) is 0 Å². The van der Waals surface area contributed by atoms with E-state index in [-0.39, 0.29) is 12.1 Å². The Morgan fingerprint density at radius 2 is 2.37 bits per heavy atom. The van der Waals surface area contributed by atoms with Crippen molar-refractivity contribution in [3.8, 4) is 0 Å². The molecule has 2 atom stereocenters. The molecule has 0 bridgehead atoms. The first-order valence-corrected chi connectivity index (χ1v) is 7.30. The molecule has 1 aliphatic carbocycles. The first-order valence-electron chi connectivity index (χ1n) is 7.30. The molecule has 1 fully saturated rings. The van der Waals surface area contributed by atoms with Crippen molar-refractivity contribution in [3.05, 3.63) is 12.2 Å². The van der Waals surface area contributed by atoms with E-state index in [1.165, 1.54) is 12.8 Å². The second kappa shape index (κ2) is 6.01. The molecule has 2 rings (SSSR count). The van der Waals surface area contributed by atoms with Gasteiger partial charge in [-0.1, -0.05) is 19.8 Å². The lowest BCUT2D eigenvalue weighted by atomic mass is 9.77. The van der Waals surface area contributed by atoms with Crippen LogP contribution in [-0.4, -0.2) is 32.0 Å². The molecule has 0 aromatic carbocycles. The molecular formula is C14H26N4O. The largest absolute Gasteiger partial charge is 0.394 e. The molecule has 2 unspecified atom stereocenters. The Hall–Kier alpha value is -0.940. The van der Waals surface area contributed by atoms with E-state index in [9.17, 15) is 5.11 Å². The Morgan fingerprint density at radius 1 is 1.58 bits per heavy atom. The molecule has 1 aromatic heterocycles. The fraction of sp³-hybridized carbons (Fsp3) is 0.857. The quantitative estimate of drug-likeness (QED) is 0.854. The minimum atomic E-state index is -0.134. The first kappa shape index (κ1) is 14.5. The van der Waals surface area contributed by atoms with Gasteiger partial charge in [0.1, 0.15) is 12.2 Å². The third kappa shape index (κ3) is 3.34. The van der Waals surface area contributed by atoms with Gasteiger partial charge in [-0.3, -0.25) is 0 Å². The Balaban J connectivity index is 2.01. The third-order valence-electron chi connectivity index (χ3n) is 4.15. The van der Waals surface area contributed by atoms with Gasteiger partial charge in [-0.2, -0.15) is 5.10 Å². The van der Waals surface area contributed by atoms with Crippen LogP contribution in [0.1, 0.15) is 58.3 Å². The normalized spacial score (nSPS) is 27.9. The Morgan fingerprint density at radius 3 is 3.00 bits per heavy atom. The summed E-state index contributed by atoms with van der Waals surface area (Å²) in [6.45, 7) is 7.34. The van der Waals surface area contributed by atoms with E-state index in [2.05, 4.69) is 36.2 Å². The number of nitrogens with one attached hydrogen (secondary N) is 1. The molecular weight excluding hydrogens is 240 g/mol. The van der Waals surface area contributed by atoms with E-state index in [0.717, 1.165) is 18.7 Å². The van der Waals surface area contributed by atoms with Gasteiger partial charge in [0.05, 0.1) is 13.2 Å². The summed E-state index contributed by atoms with van der Waals surface area (Å²) >= 11 is 0. The molecule has 0 amide bonds. The predicted octanol–water partition coefficient (Wildman–Crippen LogP) is 1.89. The van der Waals surface area contributed by atoms with Gasteiger partial charge >= 0.3 is 0 Å². The average molecular weight is 266 g/mol. The summed E-state index contributed by atoms with van der Waals surface area (Å²) in [5.74, 6) is 1.62. The highest BCUT2D eigenvalue weighted by Crippen LogP contribution is 2.32. The molecule has 5 heteroatoms. The van der Waals surface area contributed by atoms with Crippen LogP contribution >= 0.6 is 0 Å². The standard InChI is InChI=1S/C14H26N4O/c1-11(2)18-13(15-10-17-18)8-16-14(9-19)6-4-5-12(3)7-14/h10-12,16,19H,4-9H2,1-3H3. The van der Waals surface area contributed by atoms with Crippen LogP contribution in [0.25, 0.3) is 0 Å². The van der Waals surface area contributed by atoms with Crippen molar-refractivity contribution in [2.45, 2.75) is 64.6 Å². The molecule has 1 aromatic rings. The monoisotopic (exact) mass is 266 g/mol. The minimum absolute atomic E-state index is 0.134.